The number of hydrogen-bond donors (Lipinski definition) is 2. The van der Waals surface area contributed by atoms with Crippen molar-refractivity contribution in [2.75, 3.05) is 0 Å². The second-order valence-electron chi connectivity index (χ2n) is 4.31. The van der Waals surface area contributed by atoms with E-state index in [9.17, 15) is 5.11 Å². The van der Waals surface area contributed by atoms with E-state index in [4.69, 9.17) is 0 Å². The molecule has 0 aromatic rings. The molecule has 78 valence electrons. The highest BCUT2D eigenvalue weighted by molar-refractivity contribution is 4.82. The van der Waals surface area contributed by atoms with Crippen LogP contribution in [0.2, 0.25) is 0 Å². The summed E-state index contributed by atoms with van der Waals surface area (Å²) < 4.78 is 0. The van der Waals surface area contributed by atoms with Gasteiger partial charge in [0.2, 0.25) is 0 Å². The fraction of sp³-hybridized carbons (Fsp3) is 1.00. The molecule has 0 radical (unpaired) electrons. The minimum atomic E-state index is -0.104. The van der Waals surface area contributed by atoms with Gasteiger partial charge in [-0.25, -0.2) is 0 Å². The topological polar surface area (TPSA) is 32.3 Å². The maximum Gasteiger partial charge on any atom is 0.0693 e. The summed E-state index contributed by atoms with van der Waals surface area (Å²) in [6, 6.07) is 0.915. The van der Waals surface area contributed by atoms with Crippen LogP contribution < -0.4 is 5.32 Å². The monoisotopic (exact) mass is 185 g/mol. The number of nitrogens with one attached hydrogen (secondary N) is 1. The first-order valence-corrected chi connectivity index (χ1v) is 5.68. The average molecular weight is 185 g/mol. The molecule has 1 fully saturated rings. The zero-order chi connectivity index (χ0) is 9.68. The first kappa shape index (κ1) is 11.0. The molecule has 3 unspecified atom stereocenters. The van der Waals surface area contributed by atoms with E-state index in [1.54, 1.807) is 0 Å². The SMILES string of the molecule is CCCC(C)NC1CCCCC1O. The molecule has 0 spiro atoms. The molecular formula is C11H23NO. The molecule has 0 saturated heterocycles. The smallest absolute Gasteiger partial charge is 0.0693 e. The predicted molar refractivity (Wildman–Crippen MR) is 55.8 cm³/mol. The van der Waals surface area contributed by atoms with Gasteiger partial charge in [-0.1, -0.05) is 26.2 Å². The van der Waals surface area contributed by atoms with E-state index in [0.717, 1.165) is 12.8 Å². The third kappa shape index (κ3) is 3.65. The van der Waals surface area contributed by atoms with Crippen LogP contribution in [0.3, 0.4) is 0 Å². The minimum Gasteiger partial charge on any atom is -0.392 e. The molecule has 1 aliphatic carbocycles. The fourth-order valence-electron chi connectivity index (χ4n) is 2.19. The van der Waals surface area contributed by atoms with Crippen molar-refractivity contribution in [2.45, 2.75) is 70.6 Å². The standard InChI is InChI=1S/C11H23NO/c1-3-6-9(2)12-10-7-4-5-8-11(10)13/h9-13H,3-8H2,1-2H3. The Kier molecular flexibility index (Phi) is 4.74. The van der Waals surface area contributed by atoms with E-state index in [1.807, 2.05) is 0 Å². The van der Waals surface area contributed by atoms with Crippen molar-refractivity contribution in [1.82, 2.24) is 5.32 Å². The molecule has 0 amide bonds. The molecule has 0 bridgehead atoms. The second kappa shape index (κ2) is 5.61. The summed E-state index contributed by atoms with van der Waals surface area (Å²) in [5.41, 5.74) is 0. The lowest BCUT2D eigenvalue weighted by Crippen LogP contribution is -2.46. The van der Waals surface area contributed by atoms with Crippen molar-refractivity contribution in [1.29, 1.82) is 0 Å². The highest BCUT2D eigenvalue weighted by Crippen LogP contribution is 2.19. The van der Waals surface area contributed by atoms with Gasteiger partial charge < -0.3 is 10.4 Å². The van der Waals surface area contributed by atoms with E-state index in [0.29, 0.717) is 12.1 Å². The van der Waals surface area contributed by atoms with E-state index in [2.05, 4.69) is 19.2 Å². The number of hydrogen-bond acceptors (Lipinski definition) is 2. The quantitative estimate of drug-likeness (QED) is 0.702. The molecule has 1 saturated carbocycles. The lowest BCUT2D eigenvalue weighted by Gasteiger charge is -2.31. The first-order chi connectivity index (χ1) is 6.24. The van der Waals surface area contributed by atoms with Crippen molar-refractivity contribution in [3.8, 4) is 0 Å². The van der Waals surface area contributed by atoms with Crippen molar-refractivity contribution in [2.24, 2.45) is 0 Å². The summed E-state index contributed by atoms with van der Waals surface area (Å²) in [5.74, 6) is 0. The molecule has 13 heavy (non-hydrogen) atoms. The van der Waals surface area contributed by atoms with Gasteiger partial charge in [-0.3, -0.25) is 0 Å². The highest BCUT2D eigenvalue weighted by atomic mass is 16.3. The largest absolute Gasteiger partial charge is 0.392 e. The van der Waals surface area contributed by atoms with Gasteiger partial charge in [0, 0.05) is 12.1 Å². The van der Waals surface area contributed by atoms with Crippen LogP contribution in [0.15, 0.2) is 0 Å². The Bertz CT molecular complexity index is 138. The van der Waals surface area contributed by atoms with Crippen molar-refractivity contribution in [3.05, 3.63) is 0 Å². The van der Waals surface area contributed by atoms with Gasteiger partial charge in [-0.2, -0.15) is 0 Å². The van der Waals surface area contributed by atoms with Crippen molar-refractivity contribution < 1.29 is 5.11 Å². The molecule has 0 aliphatic heterocycles. The van der Waals surface area contributed by atoms with Gasteiger partial charge in [-0.15, -0.1) is 0 Å². The van der Waals surface area contributed by atoms with Crippen LogP contribution in [0, 0.1) is 0 Å². The Morgan fingerprint density at radius 2 is 2.08 bits per heavy atom. The van der Waals surface area contributed by atoms with Crippen LogP contribution in [0.5, 0.6) is 0 Å². The third-order valence-electron chi connectivity index (χ3n) is 2.95. The number of aliphatic hydroxyl groups excluding tert-OH is 1. The summed E-state index contributed by atoms with van der Waals surface area (Å²) in [4.78, 5) is 0. The van der Waals surface area contributed by atoms with Crippen LogP contribution >= 0.6 is 0 Å². The van der Waals surface area contributed by atoms with Gasteiger partial charge in [0.1, 0.15) is 0 Å². The highest BCUT2D eigenvalue weighted by Gasteiger charge is 2.23. The normalized spacial score (nSPS) is 31.6. The predicted octanol–water partition coefficient (Wildman–Crippen LogP) is 2.07. The molecule has 0 heterocycles. The zero-order valence-electron chi connectivity index (χ0n) is 8.92. The molecule has 0 aromatic heterocycles. The van der Waals surface area contributed by atoms with Gasteiger partial charge in [0.25, 0.3) is 0 Å². The molecule has 0 aromatic carbocycles. The maximum atomic E-state index is 9.72. The summed E-state index contributed by atoms with van der Waals surface area (Å²) >= 11 is 0. The lowest BCUT2D eigenvalue weighted by atomic mass is 9.92. The van der Waals surface area contributed by atoms with Gasteiger partial charge in [-0.05, 0) is 26.2 Å². The Balaban J connectivity index is 2.25. The molecule has 1 rings (SSSR count). The van der Waals surface area contributed by atoms with E-state index >= 15 is 0 Å². The van der Waals surface area contributed by atoms with Gasteiger partial charge in [0.15, 0.2) is 0 Å². The molecule has 1 aliphatic rings. The summed E-state index contributed by atoms with van der Waals surface area (Å²) in [7, 11) is 0. The third-order valence-corrected chi connectivity index (χ3v) is 2.95. The first-order valence-electron chi connectivity index (χ1n) is 5.68. The van der Waals surface area contributed by atoms with Crippen LogP contribution in [0.4, 0.5) is 0 Å². The Morgan fingerprint density at radius 3 is 2.69 bits per heavy atom. The molecular weight excluding hydrogens is 162 g/mol. The Labute approximate surface area is 81.7 Å². The Morgan fingerprint density at radius 1 is 1.38 bits per heavy atom. The van der Waals surface area contributed by atoms with Gasteiger partial charge in [0.05, 0.1) is 6.10 Å². The van der Waals surface area contributed by atoms with Crippen LogP contribution in [0.25, 0.3) is 0 Å². The average Bonchev–Trinajstić information content (AvgIpc) is 2.09. The maximum absolute atomic E-state index is 9.72. The van der Waals surface area contributed by atoms with Gasteiger partial charge >= 0.3 is 0 Å². The fourth-order valence-corrected chi connectivity index (χ4v) is 2.19. The van der Waals surface area contributed by atoms with Crippen LogP contribution in [0.1, 0.15) is 52.4 Å². The second-order valence-corrected chi connectivity index (χ2v) is 4.31. The zero-order valence-corrected chi connectivity index (χ0v) is 8.92. The lowest BCUT2D eigenvalue weighted by molar-refractivity contribution is 0.0853. The van der Waals surface area contributed by atoms with Crippen LogP contribution in [-0.2, 0) is 0 Å². The summed E-state index contributed by atoms with van der Waals surface area (Å²) in [6.07, 6.45) is 6.93. The Hall–Kier alpha value is -0.0800. The molecule has 2 N–H and O–H groups in total. The summed E-state index contributed by atoms with van der Waals surface area (Å²) in [6.45, 7) is 4.42. The van der Waals surface area contributed by atoms with Crippen molar-refractivity contribution >= 4 is 0 Å². The van der Waals surface area contributed by atoms with E-state index in [1.165, 1.54) is 25.7 Å². The summed E-state index contributed by atoms with van der Waals surface area (Å²) in [5, 5.41) is 13.2. The molecule has 2 nitrogen and oxygen atoms in total. The van der Waals surface area contributed by atoms with Crippen LogP contribution in [-0.4, -0.2) is 23.3 Å². The van der Waals surface area contributed by atoms with E-state index < -0.39 is 0 Å². The van der Waals surface area contributed by atoms with E-state index in [-0.39, 0.29) is 6.10 Å². The molecule has 2 heteroatoms. The minimum absolute atomic E-state index is 0.104. The van der Waals surface area contributed by atoms with Crippen molar-refractivity contribution in [3.63, 3.8) is 0 Å². The number of aliphatic hydroxyl groups is 1. The molecule has 3 atom stereocenters. The number of rotatable bonds is 4.